The monoisotopic (exact) mass is 179 g/mol. The molecule has 0 N–H and O–H groups in total. The van der Waals surface area contributed by atoms with E-state index < -0.39 is 0 Å². The van der Waals surface area contributed by atoms with E-state index >= 15 is 0 Å². The van der Waals surface area contributed by atoms with Gasteiger partial charge in [0.15, 0.2) is 0 Å². The smallest absolute Gasteiger partial charge is 0.0499 e. The summed E-state index contributed by atoms with van der Waals surface area (Å²) >= 11 is 6.03. The van der Waals surface area contributed by atoms with Gasteiger partial charge in [-0.25, -0.2) is 0 Å². The van der Waals surface area contributed by atoms with Gasteiger partial charge in [-0.15, -0.1) is 0 Å². The molecular formula is C10H10ClN. The number of aryl methyl sites for hydroxylation is 2. The minimum atomic E-state index is 0.830. The van der Waals surface area contributed by atoms with Gasteiger partial charge in [0.25, 0.3) is 0 Å². The number of rotatable bonds is 0. The summed E-state index contributed by atoms with van der Waals surface area (Å²) in [6.45, 7) is 2.08. The fraction of sp³-hybridized carbons (Fsp3) is 0.200. The lowest BCUT2D eigenvalue weighted by Gasteiger charge is -1.97. The third-order valence-corrected chi connectivity index (χ3v) is 2.60. The first-order valence-electron chi connectivity index (χ1n) is 3.90. The second-order valence-electron chi connectivity index (χ2n) is 3.02. The highest BCUT2D eigenvalue weighted by atomic mass is 35.5. The number of fused-ring (bicyclic) bond motifs is 1. The molecule has 0 atom stereocenters. The van der Waals surface area contributed by atoms with Crippen molar-refractivity contribution in [3.8, 4) is 0 Å². The van der Waals surface area contributed by atoms with E-state index in [1.807, 2.05) is 19.2 Å². The van der Waals surface area contributed by atoms with E-state index in [-0.39, 0.29) is 0 Å². The number of benzene rings is 1. The SMILES string of the molecule is Cc1cc2c(Cl)cccc2n1C. The van der Waals surface area contributed by atoms with Gasteiger partial charge in [-0.2, -0.15) is 0 Å². The average Bonchev–Trinajstić information content (AvgIpc) is 2.32. The van der Waals surface area contributed by atoms with Crippen LogP contribution in [0.3, 0.4) is 0 Å². The van der Waals surface area contributed by atoms with Crippen LogP contribution in [0.25, 0.3) is 10.9 Å². The van der Waals surface area contributed by atoms with Gasteiger partial charge in [0.1, 0.15) is 0 Å². The van der Waals surface area contributed by atoms with Crippen molar-refractivity contribution >= 4 is 22.5 Å². The highest BCUT2D eigenvalue weighted by Crippen LogP contribution is 2.25. The largest absolute Gasteiger partial charge is 0.348 e. The second-order valence-corrected chi connectivity index (χ2v) is 3.42. The van der Waals surface area contributed by atoms with Crippen LogP contribution < -0.4 is 0 Å². The zero-order chi connectivity index (χ0) is 8.72. The molecule has 0 radical (unpaired) electrons. The molecule has 2 aromatic rings. The quantitative estimate of drug-likeness (QED) is 0.586. The molecule has 0 fully saturated rings. The molecule has 1 aromatic heterocycles. The summed E-state index contributed by atoms with van der Waals surface area (Å²) in [5.74, 6) is 0. The van der Waals surface area contributed by atoms with E-state index in [2.05, 4.69) is 23.6 Å². The third-order valence-electron chi connectivity index (χ3n) is 2.27. The zero-order valence-electron chi connectivity index (χ0n) is 7.13. The highest BCUT2D eigenvalue weighted by molar-refractivity contribution is 6.35. The van der Waals surface area contributed by atoms with Crippen molar-refractivity contribution < 1.29 is 0 Å². The van der Waals surface area contributed by atoms with Gasteiger partial charge < -0.3 is 4.57 Å². The molecule has 0 unspecified atom stereocenters. The first kappa shape index (κ1) is 7.69. The summed E-state index contributed by atoms with van der Waals surface area (Å²) in [7, 11) is 2.05. The number of hydrogen-bond acceptors (Lipinski definition) is 0. The van der Waals surface area contributed by atoms with Crippen LogP contribution in [0.1, 0.15) is 5.69 Å². The van der Waals surface area contributed by atoms with Crippen molar-refractivity contribution in [2.45, 2.75) is 6.92 Å². The predicted octanol–water partition coefficient (Wildman–Crippen LogP) is 3.14. The molecule has 0 saturated heterocycles. The number of hydrogen-bond donors (Lipinski definition) is 0. The molecule has 0 bridgehead atoms. The standard InChI is InChI=1S/C10H10ClN/c1-7-6-8-9(11)4-3-5-10(8)12(7)2/h3-6H,1-2H3. The van der Waals surface area contributed by atoms with E-state index in [4.69, 9.17) is 11.6 Å². The van der Waals surface area contributed by atoms with Gasteiger partial charge in [0.2, 0.25) is 0 Å². The van der Waals surface area contributed by atoms with Gasteiger partial charge in [0.05, 0.1) is 0 Å². The molecule has 2 heteroatoms. The Balaban J connectivity index is 2.95. The Bertz CT molecular complexity index is 429. The van der Waals surface area contributed by atoms with Crippen molar-refractivity contribution in [3.63, 3.8) is 0 Å². The van der Waals surface area contributed by atoms with Gasteiger partial charge >= 0.3 is 0 Å². The van der Waals surface area contributed by atoms with Crippen molar-refractivity contribution in [3.05, 3.63) is 35.0 Å². The maximum Gasteiger partial charge on any atom is 0.0499 e. The minimum absolute atomic E-state index is 0.830. The molecule has 0 amide bonds. The lowest BCUT2D eigenvalue weighted by Crippen LogP contribution is -1.88. The Labute approximate surface area is 76.6 Å². The van der Waals surface area contributed by atoms with Gasteiger partial charge in [-0.05, 0) is 25.1 Å². The maximum absolute atomic E-state index is 6.03. The number of aromatic nitrogens is 1. The van der Waals surface area contributed by atoms with Crippen LogP contribution in [0, 0.1) is 6.92 Å². The first-order chi connectivity index (χ1) is 5.70. The molecule has 2 rings (SSSR count). The fourth-order valence-corrected chi connectivity index (χ4v) is 1.68. The molecule has 0 aliphatic heterocycles. The summed E-state index contributed by atoms with van der Waals surface area (Å²) in [4.78, 5) is 0. The summed E-state index contributed by atoms with van der Waals surface area (Å²) < 4.78 is 2.14. The van der Waals surface area contributed by atoms with Crippen molar-refractivity contribution in [2.24, 2.45) is 7.05 Å². The number of nitrogens with zero attached hydrogens (tertiary/aromatic N) is 1. The van der Waals surface area contributed by atoms with Crippen LogP contribution in [-0.2, 0) is 7.05 Å². The molecule has 1 heterocycles. The topological polar surface area (TPSA) is 4.93 Å². The first-order valence-corrected chi connectivity index (χ1v) is 4.28. The van der Waals surface area contributed by atoms with Crippen LogP contribution in [0.15, 0.2) is 24.3 Å². The van der Waals surface area contributed by atoms with E-state index in [1.165, 1.54) is 11.2 Å². The minimum Gasteiger partial charge on any atom is -0.348 e. The van der Waals surface area contributed by atoms with Gasteiger partial charge in [-0.3, -0.25) is 0 Å². The summed E-state index contributed by atoms with van der Waals surface area (Å²) in [6, 6.07) is 8.08. The average molecular weight is 180 g/mol. The molecule has 0 spiro atoms. The normalized spacial score (nSPS) is 10.9. The van der Waals surface area contributed by atoms with Crippen molar-refractivity contribution in [1.82, 2.24) is 4.57 Å². The summed E-state index contributed by atoms with van der Waals surface area (Å²) in [5.41, 5.74) is 2.43. The van der Waals surface area contributed by atoms with E-state index in [1.54, 1.807) is 0 Å². The van der Waals surface area contributed by atoms with Crippen LogP contribution in [0.5, 0.6) is 0 Å². The summed E-state index contributed by atoms with van der Waals surface area (Å²) in [6.07, 6.45) is 0. The van der Waals surface area contributed by atoms with Crippen LogP contribution in [0.4, 0.5) is 0 Å². The third kappa shape index (κ3) is 0.935. The lowest BCUT2D eigenvalue weighted by molar-refractivity contribution is 0.918. The molecule has 62 valence electrons. The van der Waals surface area contributed by atoms with Crippen LogP contribution in [0.2, 0.25) is 5.02 Å². The fourth-order valence-electron chi connectivity index (χ4n) is 1.46. The lowest BCUT2D eigenvalue weighted by atomic mass is 10.2. The van der Waals surface area contributed by atoms with Crippen molar-refractivity contribution in [2.75, 3.05) is 0 Å². The Kier molecular flexibility index (Phi) is 1.62. The second kappa shape index (κ2) is 2.53. The van der Waals surface area contributed by atoms with Crippen LogP contribution in [-0.4, -0.2) is 4.57 Å². The molecule has 0 aliphatic carbocycles. The Hall–Kier alpha value is -0.950. The predicted molar refractivity (Wildman–Crippen MR) is 52.7 cm³/mol. The molecule has 1 nitrogen and oxygen atoms in total. The van der Waals surface area contributed by atoms with Gasteiger partial charge in [-0.1, -0.05) is 17.7 Å². The Morgan fingerprint density at radius 2 is 2.08 bits per heavy atom. The Morgan fingerprint density at radius 1 is 1.33 bits per heavy atom. The maximum atomic E-state index is 6.03. The molecular weight excluding hydrogens is 170 g/mol. The molecule has 0 saturated carbocycles. The Morgan fingerprint density at radius 3 is 2.75 bits per heavy atom. The van der Waals surface area contributed by atoms with Gasteiger partial charge in [0, 0.05) is 28.7 Å². The van der Waals surface area contributed by atoms with E-state index in [9.17, 15) is 0 Å². The van der Waals surface area contributed by atoms with Crippen LogP contribution >= 0.6 is 11.6 Å². The number of halogens is 1. The zero-order valence-corrected chi connectivity index (χ0v) is 7.89. The summed E-state index contributed by atoms with van der Waals surface area (Å²) in [5, 5.41) is 1.97. The highest BCUT2D eigenvalue weighted by Gasteiger charge is 2.03. The van der Waals surface area contributed by atoms with E-state index in [0.717, 1.165) is 10.4 Å². The molecule has 12 heavy (non-hydrogen) atoms. The molecule has 0 aliphatic rings. The molecule has 1 aromatic carbocycles. The van der Waals surface area contributed by atoms with Crippen molar-refractivity contribution in [1.29, 1.82) is 0 Å². The van der Waals surface area contributed by atoms with E-state index in [0.29, 0.717) is 0 Å².